The van der Waals surface area contributed by atoms with Gasteiger partial charge in [-0.05, 0) is 77.3 Å². The fourth-order valence-electron chi connectivity index (χ4n) is 3.13. The molecular formula is C15H35O3Si3. The normalized spacial score (nSPS) is 25.7. The Labute approximate surface area is 135 Å². The second-order valence-corrected chi connectivity index (χ2v) is 19.0. The van der Waals surface area contributed by atoms with E-state index in [2.05, 4.69) is 52.2 Å². The summed E-state index contributed by atoms with van der Waals surface area (Å²) < 4.78 is 13.2. The van der Waals surface area contributed by atoms with Gasteiger partial charge in [0.1, 0.15) is 5.41 Å². The molecule has 0 aromatic carbocycles. The number of hydrogen-bond donors (Lipinski definition) is 1. The van der Waals surface area contributed by atoms with Crippen molar-refractivity contribution in [2.24, 2.45) is 5.92 Å². The molecule has 21 heavy (non-hydrogen) atoms. The highest BCUT2D eigenvalue weighted by molar-refractivity contribution is 6.72. The third-order valence-corrected chi connectivity index (χ3v) is 7.94. The molecule has 3 nitrogen and oxygen atoms in total. The molecule has 1 aliphatic rings. The van der Waals surface area contributed by atoms with Crippen molar-refractivity contribution in [2.45, 2.75) is 83.0 Å². The van der Waals surface area contributed by atoms with E-state index in [9.17, 15) is 5.11 Å². The van der Waals surface area contributed by atoms with Gasteiger partial charge in [-0.25, -0.2) is 0 Å². The van der Waals surface area contributed by atoms with E-state index in [1.54, 1.807) is 0 Å². The minimum atomic E-state index is -1.64. The second kappa shape index (κ2) is 7.40. The van der Waals surface area contributed by atoms with E-state index in [4.69, 9.17) is 8.85 Å². The van der Waals surface area contributed by atoms with E-state index in [1.807, 2.05) is 0 Å². The van der Waals surface area contributed by atoms with Crippen LogP contribution < -0.4 is 0 Å². The van der Waals surface area contributed by atoms with E-state index in [0.717, 1.165) is 25.7 Å². The third kappa shape index (κ3) is 7.56. The molecule has 1 N–H and O–H groups in total. The van der Waals surface area contributed by atoms with E-state index < -0.39 is 26.2 Å². The van der Waals surface area contributed by atoms with Gasteiger partial charge in [0.2, 0.25) is 0 Å². The maximum atomic E-state index is 9.66. The minimum absolute atomic E-state index is 0.203. The van der Waals surface area contributed by atoms with E-state index in [0.29, 0.717) is 5.92 Å². The van der Waals surface area contributed by atoms with Crippen molar-refractivity contribution in [2.75, 3.05) is 0 Å². The zero-order chi connectivity index (χ0) is 16.3. The number of rotatable bonds is 7. The Morgan fingerprint density at radius 3 is 1.95 bits per heavy atom. The zero-order valence-corrected chi connectivity index (χ0v) is 18.4. The Kier molecular flexibility index (Phi) is 6.90. The van der Waals surface area contributed by atoms with Crippen molar-refractivity contribution >= 4 is 26.2 Å². The first-order valence-corrected chi connectivity index (χ1v) is 17.3. The van der Waals surface area contributed by atoms with E-state index in [1.165, 1.54) is 0 Å². The molecule has 0 saturated heterocycles. The lowest BCUT2D eigenvalue weighted by molar-refractivity contribution is -0.0751. The maximum Gasteiger partial charge on any atom is 0.187 e. The summed E-state index contributed by atoms with van der Waals surface area (Å²) in [5.41, 5.74) is -0.282. The van der Waals surface area contributed by atoms with Crippen molar-refractivity contribution in [1.82, 2.24) is 0 Å². The van der Waals surface area contributed by atoms with Gasteiger partial charge in [0.15, 0.2) is 16.6 Å². The summed E-state index contributed by atoms with van der Waals surface area (Å²) in [7, 11) is -3.73. The van der Waals surface area contributed by atoms with Crippen molar-refractivity contribution < 1.29 is 14.0 Å². The molecule has 1 fully saturated rings. The van der Waals surface area contributed by atoms with Gasteiger partial charge in [-0.3, -0.25) is 0 Å². The molecule has 0 amide bonds. The van der Waals surface area contributed by atoms with Crippen LogP contribution in [-0.2, 0) is 8.85 Å². The quantitative estimate of drug-likeness (QED) is 0.567. The van der Waals surface area contributed by atoms with Crippen LogP contribution in [0.1, 0.15) is 25.7 Å². The largest absolute Gasteiger partial charge is 0.395 e. The molecule has 0 heterocycles. The first kappa shape index (κ1) is 19.6. The highest BCUT2D eigenvalue weighted by atomic mass is 28.4. The van der Waals surface area contributed by atoms with Gasteiger partial charge in [-0.2, -0.15) is 0 Å². The molecule has 6 heteroatoms. The van der Waals surface area contributed by atoms with Crippen LogP contribution in [0.5, 0.6) is 0 Å². The van der Waals surface area contributed by atoms with Crippen LogP contribution in [0.3, 0.4) is 0 Å². The van der Waals surface area contributed by atoms with Crippen LogP contribution in [-0.4, -0.2) is 42.8 Å². The molecule has 1 radical (unpaired) electrons. The topological polar surface area (TPSA) is 38.7 Å². The third-order valence-electron chi connectivity index (χ3n) is 3.73. The predicted octanol–water partition coefficient (Wildman–Crippen LogP) is 3.32. The highest BCUT2D eigenvalue weighted by Gasteiger charge is 2.41. The van der Waals surface area contributed by atoms with Crippen molar-refractivity contribution in [3.8, 4) is 0 Å². The molecule has 1 aliphatic carbocycles. The highest BCUT2D eigenvalue weighted by Crippen LogP contribution is 2.35. The van der Waals surface area contributed by atoms with Crippen molar-refractivity contribution in [1.29, 1.82) is 0 Å². The smallest absolute Gasteiger partial charge is 0.187 e. The minimum Gasteiger partial charge on any atom is -0.395 e. The van der Waals surface area contributed by atoms with Gasteiger partial charge >= 0.3 is 0 Å². The standard InChI is InChI=1S/C15H35O3Si3/c1-19-15(17-20(2,3)4,18-21(5,6)7)12-13-8-10-14(16)11-9-13/h10,13-14,16H,8-9,11-12,19H2,1-7H3. The number of aliphatic hydroxyl groups is 1. The molecule has 0 spiro atoms. The molecule has 0 bridgehead atoms. The Hall–Kier alpha value is 0.531. The van der Waals surface area contributed by atoms with Gasteiger partial charge in [0.05, 0.1) is 15.6 Å². The van der Waals surface area contributed by atoms with E-state index >= 15 is 0 Å². The summed E-state index contributed by atoms with van der Waals surface area (Å²) in [5.74, 6) is 0.605. The van der Waals surface area contributed by atoms with Crippen molar-refractivity contribution in [3.05, 3.63) is 6.42 Å². The van der Waals surface area contributed by atoms with Gasteiger partial charge in [-0.1, -0.05) is 6.55 Å². The number of aliphatic hydroxyl groups excluding tert-OH is 1. The lowest BCUT2D eigenvalue weighted by Crippen LogP contribution is -2.54. The average Bonchev–Trinajstić information content (AvgIpc) is 2.28. The van der Waals surface area contributed by atoms with Gasteiger partial charge in [0, 0.05) is 0 Å². The molecule has 0 aromatic heterocycles. The Balaban J connectivity index is 2.83. The van der Waals surface area contributed by atoms with Gasteiger partial charge in [-0.15, -0.1) is 0 Å². The maximum absolute atomic E-state index is 9.66. The lowest BCUT2D eigenvalue weighted by Gasteiger charge is -2.45. The molecule has 125 valence electrons. The molecule has 1 saturated carbocycles. The predicted molar refractivity (Wildman–Crippen MR) is 98.3 cm³/mol. The summed E-state index contributed by atoms with van der Waals surface area (Å²) in [4.78, 5) is 0. The SMILES string of the molecule is C[SiH2]C(CC1C[CH]C(O)CC1)(O[Si](C)(C)C)O[Si](C)(C)C. The molecule has 0 aromatic rings. The first-order chi connectivity index (χ1) is 9.45. The second-order valence-electron chi connectivity index (χ2n) is 8.38. The van der Waals surface area contributed by atoms with E-state index in [-0.39, 0.29) is 11.5 Å². The van der Waals surface area contributed by atoms with Gasteiger partial charge < -0.3 is 14.0 Å². The van der Waals surface area contributed by atoms with Gasteiger partial charge in [0.25, 0.3) is 0 Å². The monoisotopic (exact) mass is 347 g/mol. The Bertz CT molecular complexity index is 299. The summed E-state index contributed by atoms with van der Waals surface area (Å²) in [6.07, 6.45) is 5.88. The molecular weight excluding hydrogens is 312 g/mol. The zero-order valence-electron chi connectivity index (χ0n) is 15.0. The summed E-state index contributed by atoms with van der Waals surface area (Å²) in [5, 5.41) is 9.66. The van der Waals surface area contributed by atoms with Crippen LogP contribution in [0, 0.1) is 12.3 Å². The summed E-state index contributed by atoms with van der Waals surface area (Å²) in [6, 6.07) is 0. The Morgan fingerprint density at radius 1 is 1.10 bits per heavy atom. The van der Waals surface area contributed by atoms with Crippen LogP contribution in [0.2, 0.25) is 45.8 Å². The van der Waals surface area contributed by atoms with Crippen LogP contribution >= 0.6 is 0 Å². The molecule has 2 unspecified atom stereocenters. The average molecular weight is 348 g/mol. The fourth-order valence-corrected chi connectivity index (χ4v) is 10.1. The number of hydrogen-bond acceptors (Lipinski definition) is 3. The first-order valence-electron chi connectivity index (χ1n) is 8.36. The van der Waals surface area contributed by atoms with Crippen LogP contribution in [0.4, 0.5) is 0 Å². The van der Waals surface area contributed by atoms with Crippen molar-refractivity contribution in [3.63, 3.8) is 0 Å². The molecule has 2 atom stereocenters. The van der Waals surface area contributed by atoms with Crippen LogP contribution in [0.25, 0.3) is 0 Å². The Morgan fingerprint density at radius 2 is 1.62 bits per heavy atom. The molecule has 1 rings (SSSR count). The lowest BCUT2D eigenvalue weighted by atomic mass is 9.85. The summed E-state index contributed by atoms with van der Waals surface area (Å²) in [6.45, 7) is 15.9. The fraction of sp³-hybridized carbons (Fsp3) is 0.933. The molecule has 0 aliphatic heterocycles. The van der Waals surface area contributed by atoms with Crippen LogP contribution in [0.15, 0.2) is 0 Å². The summed E-state index contributed by atoms with van der Waals surface area (Å²) >= 11 is 0.